The van der Waals surface area contributed by atoms with Gasteiger partial charge in [0, 0.05) is 25.2 Å². The Morgan fingerprint density at radius 1 is 1.21 bits per heavy atom. The number of benzene rings is 1. The monoisotopic (exact) mass is 352 g/mol. The summed E-state index contributed by atoms with van der Waals surface area (Å²) in [5.41, 5.74) is 0.769. The molecule has 0 aliphatic carbocycles. The van der Waals surface area contributed by atoms with Gasteiger partial charge in [-0.15, -0.1) is 0 Å². The van der Waals surface area contributed by atoms with E-state index >= 15 is 0 Å². The summed E-state index contributed by atoms with van der Waals surface area (Å²) in [7, 11) is -3.50. The largest absolute Gasteiger partial charge is 0.312 e. The summed E-state index contributed by atoms with van der Waals surface area (Å²) in [5.74, 6) is 0.478. The normalized spacial score (nSPS) is 16.6. The number of anilines is 1. The number of unbranched alkanes of at least 4 members (excludes halogenated alkanes) is 1. The number of rotatable bonds is 9. The molecule has 0 spiro atoms. The van der Waals surface area contributed by atoms with Gasteiger partial charge in [-0.3, -0.25) is 4.79 Å². The van der Waals surface area contributed by atoms with Gasteiger partial charge in [-0.05, 0) is 43.0 Å². The van der Waals surface area contributed by atoms with E-state index in [0.717, 1.165) is 37.8 Å². The minimum atomic E-state index is -3.50. The van der Waals surface area contributed by atoms with Crippen LogP contribution in [0.4, 0.5) is 5.69 Å². The second-order valence-electron chi connectivity index (χ2n) is 6.41. The van der Waals surface area contributed by atoms with Crippen molar-refractivity contribution in [2.75, 3.05) is 18.0 Å². The molecule has 1 fully saturated rings. The molecular weight excluding hydrogens is 324 g/mol. The van der Waals surface area contributed by atoms with Crippen LogP contribution < -0.4 is 9.62 Å². The van der Waals surface area contributed by atoms with Crippen LogP contribution in [0.5, 0.6) is 0 Å². The topological polar surface area (TPSA) is 66.5 Å². The first kappa shape index (κ1) is 18.9. The maximum Gasteiger partial charge on any atom is 0.240 e. The lowest BCUT2D eigenvalue weighted by molar-refractivity contribution is -0.117. The average molecular weight is 353 g/mol. The number of carbonyl (C=O) groups excluding carboxylic acids is 1. The Morgan fingerprint density at radius 2 is 1.92 bits per heavy atom. The van der Waals surface area contributed by atoms with E-state index in [-0.39, 0.29) is 10.8 Å². The Hall–Kier alpha value is -1.40. The molecule has 0 bridgehead atoms. The zero-order valence-electron chi connectivity index (χ0n) is 14.6. The summed E-state index contributed by atoms with van der Waals surface area (Å²) < 4.78 is 27.6. The molecule has 0 unspecified atom stereocenters. The van der Waals surface area contributed by atoms with Crippen molar-refractivity contribution in [3.8, 4) is 0 Å². The molecule has 0 saturated carbocycles. The standard InChI is InChI=1S/C18H28N2O3S/c1-3-5-7-15(4-2)14-19-24(22,23)17-11-9-16(10-12-17)20-13-6-8-18(20)21/h9-12,15,19H,3-8,13-14H2,1-2H3/t15-/m0/s1. The Kier molecular flexibility index (Phi) is 6.80. The molecule has 1 aromatic rings. The Morgan fingerprint density at radius 3 is 2.46 bits per heavy atom. The van der Waals surface area contributed by atoms with Gasteiger partial charge >= 0.3 is 0 Å². The zero-order chi connectivity index (χ0) is 17.6. The fraction of sp³-hybridized carbons (Fsp3) is 0.611. The van der Waals surface area contributed by atoms with E-state index in [0.29, 0.717) is 25.4 Å². The highest BCUT2D eigenvalue weighted by molar-refractivity contribution is 7.89. The van der Waals surface area contributed by atoms with E-state index in [1.165, 1.54) is 0 Å². The van der Waals surface area contributed by atoms with E-state index in [1.807, 2.05) is 0 Å². The molecule has 24 heavy (non-hydrogen) atoms. The number of nitrogens with one attached hydrogen (secondary N) is 1. The third-order valence-corrected chi connectivity index (χ3v) is 6.08. The van der Waals surface area contributed by atoms with E-state index < -0.39 is 10.0 Å². The van der Waals surface area contributed by atoms with Gasteiger partial charge in [0.1, 0.15) is 0 Å². The number of hydrogen-bond acceptors (Lipinski definition) is 3. The van der Waals surface area contributed by atoms with Crippen LogP contribution in [0.2, 0.25) is 0 Å². The van der Waals surface area contributed by atoms with Crippen LogP contribution in [0, 0.1) is 5.92 Å². The van der Waals surface area contributed by atoms with E-state index in [4.69, 9.17) is 0 Å². The molecule has 1 aliphatic rings. The van der Waals surface area contributed by atoms with Gasteiger partial charge in [0.2, 0.25) is 15.9 Å². The summed E-state index contributed by atoms with van der Waals surface area (Å²) in [6, 6.07) is 6.59. The number of hydrogen-bond donors (Lipinski definition) is 1. The quantitative estimate of drug-likeness (QED) is 0.741. The predicted octanol–water partition coefficient (Wildman–Crippen LogP) is 3.31. The number of sulfonamides is 1. The van der Waals surface area contributed by atoms with Crippen LogP contribution in [0.3, 0.4) is 0 Å². The third kappa shape index (κ3) is 4.80. The summed E-state index contributed by atoms with van der Waals surface area (Å²) in [6.07, 6.45) is 5.69. The molecular formula is C18H28N2O3S. The zero-order valence-corrected chi connectivity index (χ0v) is 15.4. The first-order valence-corrected chi connectivity index (χ1v) is 10.4. The molecule has 1 atom stereocenters. The van der Waals surface area contributed by atoms with Gasteiger partial charge in [0.15, 0.2) is 0 Å². The molecule has 1 aromatic carbocycles. The molecule has 134 valence electrons. The highest BCUT2D eigenvalue weighted by Gasteiger charge is 2.22. The minimum Gasteiger partial charge on any atom is -0.312 e. The van der Waals surface area contributed by atoms with Crippen LogP contribution in [0.15, 0.2) is 29.2 Å². The molecule has 1 heterocycles. The lowest BCUT2D eigenvalue weighted by Gasteiger charge is -2.17. The third-order valence-electron chi connectivity index (χ3n) is 4.64. The lowest BCUT2D eigenvalue weighted by Crippen LogP contribution is -2.29. The van der Waals surface area contributed by atoms with Crippen LogP contribution in [0.25, 0.3) is 0 Å². The molecule has 1 amide bonds. The van der Waals surface area contributed by atoms with Crippen molar-refractivity contribution in [3.05, 3.63) is 24.3 Å². The summed E-state index contributed by atoms with van der Waals surface area (Å²) in [6.45, 7) is 5.42. The van der Waals surface area contributed by atoms with E-state index in [1.54, 1.807) is 29.2 Å². The highest BCUT2D eigenvalue weighted by Crippen LogP contribution is 2.23. The van der Waals surface area contributed by atoms with Crippen molar-refractivity contribution < 1.29 is 13.2 Å². The van der Waals surface area contributed by atoms with Crippen LogP contribution in [-0.2, 0) is 14.8 Å². The number of nitrogens with zero attached hydrogens (tertiary/aromatic N) is 1. The minimum absolute atomic E-state index is 0.102. The van der Waals surface area contributed by atoms with Crippen LogP contribution in [0.1, 0.15) is 52.4 Å². The Balaban J connectivity index is 2.00. The van der Waals surface area contributed by atoms with Crippen molar-refractivity contribution in [1.82, 2.24) is 4.72 Å². The molecule has 0 radical (unpaired) electrons. The molecule has 1 aliphatic heterocycles. The highest BCUT2D eigenvalue weighted by atomic mass is 32.2. The smallest absolute Gasteiger partial charge is 0.240 e. The second-order valence-corrected chi connectivity index (χ2v) is 8.18. The first-order chi connectivity index (χ1) is 11.5. The van der Waals surface area contributed by atoms with Crippen molar-refractivity contribution in [3.63, 3.8) is 0 Å². The Labute approximate surface area is 145 Å². The number of carbonyl (C=O) groups is 1. The summed E-state index contributed by atoms with van der Waals surface area (Å²) in [4.78, 5) is 13.7. The van der Waals surface area contributed by atoms with Crippen LogP contribution >= 0.6 is 0 Å². The van der Waals surface area contributed by atoms with Gasteiger partial charge in [-0.2, -0.15) is 0 Å². The maximum absolute atomic E-state index is 12.4. The predicted molar refractivity (Wildman–Crippen MR) is 96.5 cm³/mol. The van der Waals surface area contributed by atoms with Crippen molar-refractivity contribution >= 4 is 21.6 Å². The molecule has 2 rings (SSSR count). The summed E-state index contributed by atoms with van der Waals surface area (Å²) in [5, 5.41) is 0. The molecule has 5 nitrogen and oxygen atoms in total. The van der Waals surface area contributed by atoms with Gasteiger partial charge in [0.05, 0.1) is 4.90 Å². The fourth-order valence-electron chi connectivity index (χ4n) is 2.98. The van der Waals surface area contributed by atoms with Gasteiger partial charge in [-0.25, -0.2) is 13.1 Å². The van der Waals surface area contributed by atoms with Gasteiger partial charge in [0.25, 0.3) is 0 Å². The average Bonchev–Trinajstić information content (AvgIpc) is 3.01. The molecule has 0 aromatic heterocycles. The Bertz CT molecular complexity index is 641. The molecule has 6 heteroatoms. The maximum atomic E-state index is 12.4. The van der Waals surface area contributed by atoms with Crippen molar-refractivity contribution in [1.29, 1.82) is 0 Å². The number of amides is 1. The first-order valence-electron chi connectivity index (χ1n) is 8.88. The van der Waals surface area contributed by atoms with Crippen molar-refractivity contribution in [2.24, 2.45) is 5.92 Å². The SMILES string of the molecule is CCCC[C@H](CC)CNS(=O)(=O)c1ccc(N2CCCC2=O)cc1. The van der Waals surface area contributed by atoms with Gasteiger partial charge in [-0.1, -0.05) is 33.1 Å². The van der Waals surface area contributed by atoms with Crippen molar-refractivity contribution in [2.45, 2.75) is 57.3 Å². The summed E-state index contributed by atoms with van der Waals surface area (Å²) >= 11 is 0. The fourth-order valence-corrected chi connectivity index (χ4v) is 4.10. The lowest BCUT2D eigenvalue weighted by atomic mass is 10.00. The second kappa shape index (κ2) is 8.62. The molecule has 1 saturated heterocycles. The van der Waals surface area contributed by atoms with E-state index in [9.17, 15) is 13.2 Å². The van der Waals surface area contributed by atoms with Crippen LogP contribution in [-0.4, -0.2) is 27.4 Å². The molecule has 1 N–H and O–H groups in total. The van der Waals surface area contributed by atoms with E-state index in [2.05, 4.69) is 18.6 Å². The van der Waals surface area contributed by atoms with Gasteiger partial charge < -0.3 is 4.90 Å².